The Balaban J connectivity index is 1.41. The fraction of sp³-hybridized carbons (Fsp3) is 0.700. The molecule has 2 amide bonds. The molecule has 3 aliphatic heterocycles. The number of nitrogens with zero attached hydrogens (tertiary/aromatic N) is 2. The first-order valence-corrected chi connectivity index (χ1v) is 11.1. The Labute approximate surface area is 165 Å². The number of primary amides is 1. The topological polar surface area (TPSA) is 78.7 Å². The number of thiophene rings is 1. The monoisotopic (exact) mass is 390 g/mol. The molecule has 27 heavy (non-hydrogen) atoms. The molecule has 3 fully saturated rings. The van der Waals surface area contributed by atoms with Crippen molar-refractivity contribution in [2.24, 2.45) is 5.73 Å². The molecule has 1 aromatic heterocycles. The molecule has 3 aliphatic rings. The number of carbonyl (C=O) groups excluding carboxylic acids is 2. The average molecular weight is 391 g/mol. The van der Waals surface area contributed by atoms with E-state index in [-0.39, 0.29) is 11.8 Å². The third-order valence-corrected chi connectivity index (χ3v) is 7.73. The van der Waals surface area contributed by atoms with Crippen LogP contribution in [0.2, 0.25) is 0 Å². The lowest BCUT2D eigenvalue weighted by Gasteiger charge is -2.48. The van der Waals surface area contributed by atoms with E-state index in [1.807, 2.05) is 11.0 Å². The van der Waals surface area contributed by atoms with Crippen molar-refractivity contribution < 1.29 is 9.59 Å². The average Bonchev–Trinajstić information content (AvgIpc) is 3.39. The van der Waals surface area contributed by atoms with Gasteiger partial charge in [0.05, 0.1) is 4.88 Å². The quantitative estimate of drug-likeness (QED) is 0.825. The number of nitrogens with one attached hydrogen (secondary N) is 1. The van der Waals surface area contributed by atoms with E-state index in [1.165, 1.54) is 17.7 Å². The van der Waals surface area contributed by atoms with E-state index >= 15 is 0 Å². The number of carbonyl (C=O) groups is 2. The van der Waals surface area contributed by atoms with E-state index in [0.717, 1.165) is 43.8 Å². The van der Waals surface area contributed by atoms with Crippen molar-refractivity contribution in [3.8, 4) is 0 Å². The Kier molecular flexibility index (Phi) is 5.53. The van der Waals surface area contributed by atoms with Gasteiger partial charge in [-0.2, -0.15) is 0 Å². The lowest BCUT2D eigenvalue weighted by Crippen LogP contribution is -2.63. The predicted molar refractivity (Wildman–Crippen MR) is 107 cm³/mol. The molecule has 0 aliphatic carbocycles. The van der Waals surface area contributed by atoms with Crippen LogP contribution in [0.15, 0.2) is 12.1 Å². The summed E-state index contributed by atoms with van der Waals surface area (Å²) in [7, 11) is 0. The highest BCUT2D eigenvalue weighted by Gasteiger charge is 2.45. The number of piperidine rings is 2. The SMILES string of the molecule is NC(=O)C1(N2CCCCC2)CCN(C(=O)c2ccc(C3CCCN3)s2)CC1. The highest BCUT2D eigenvalue weighted by Crippen LogP contribution is 2.34. The number of likely N-dealkylation sites (tertiary alicyclic amines) is 2. The van der Waals surface area contributed by atoms with Gasteiger partial charge >= 0.3 is 0 Å². The van der Waals surface area contributed by atoms with Crippen LogP contribution in [-0.2, 0) is 4.79 Å². The van der Waals surface area contributed by atoms with Gasteiger partial charge in [0, 0.05) is 24.0 Å². The molecule has 0 bridgehead atoms. The molecule has 7 heteroatoms. The van der Waals surface area contributed by atoms with Crippen LogP contribution in [0.1, 0.15) is 65.5 Å². The van der Waals surface area contributed by atoms with Crippen LogP contribution in [0.5, 0.6) is 0 Å². The molecule has 3 saturated heterocycles. The van der Waals surface area contributed by atoms with Crippen molar-refractivity contribution in [1.82, 2.24) is 15.1 Å². The summed E-state index contributed by atoms with van der Waals surface area (Å²) >= 11 is 1.61. The molecule has 4 rings (SSSR count). The summed E-state index contributed by atoms with van der Waals surface area (Å²) in [5.41, 5.74) is 5.29. The third-order valence-electron chi connectivity index (χ3n) is 6.54. The Morgan fingerprint density at radius 2 is 1.81 bits per heavy atom. The molecule has 0 spiro atoms. The highest BCUT2D eigenvalue weighted by molar-refractivity contribution is 7.14. The zero-order valence-corrected chi connectivity index (χ0v) is 16.7. The smallest absolute Gasteiger partial charge is 0.263 e. The van der Waals surface area contributed by atoms with Gasteiger partial charge in [0.15, 0.2) is 0 Å². The summed E-state index contributed by atoms with van der Waals surface area (Å²) in [5.74, 6) is -0.122. The second-order valence-corrected chi connectivity index (χ2v) is 9.20. The minimum absolute atomic E-state index is 0.0981. The number of amides is 2. The largest absolute Gasteiger partial charge is 0.368 e. The van der Waals surface area contributed by atoms with E-state index in [0.29, 0.717) is 32.0 Å². The van der Waals surface area contributed by atoms with Gasteiger partial charge in [-0.3, -0.25) is 14.5 Å². The van der Waals surface area contributed by atoms with Crippen LogP contribution >= 0.6 is 11.3 Å². The molecule has 4 heterocycles. The van der Waals surface area contributed by atoms with Gasteiger partial charge in [-0.25, -0.2) is 0 Å². The number of hydrogen-bond acceptors (Lipinski definition) is 5. The Bertz CT molecular complexity index is 684. The summed E-state index contributed by atoms with van der Waals surface area (Å²) in [5, 5.41) is 3.49. The van der Waals surface area contributed by atoms with Gasteiger partial charge in [0.1, 0.15) is 5.54 Å². The predicted octanol–water partition coefficient (Wildman–Crippen LogP) is 2.12. The first kappa shape index (κ1) is 18.9. The van der Waals surface area contributed by atoms with E-state index in [9.17, 15) is 9.59 Å². The molecule has 0 aromatic carbocycles. The van der Waals surface area contributed by atoms with Crippen molar-refractivity contribution in [3.05, 3.63) is 21.9 Å². The lowest BCUT2D eigenvalue weighted by atomic mass is 9.83. The zero-order valence-electron chi connectivity index (χ0n) is 15.9. The van der Waals surface area contributed by atoms with Gasteiger partial charge in [-0.1, -0.05) is 6.42 Å². The van der Waals surface area contributed by atoms with Crippen molar-refractivity contribution >= 4 is 23.2 Å². The van der Waals surface area contributed by atoms with Crippen LogP contribution in [0, 0.1) is 0 Å². The van der Waals surface area contributed by atoms with Crippen molar-refractivity contribution in [2.45, 2.75) is 56.5 Å². The number of nitrogens with two attached hydrogens (primary N) is 1. The van der Waals surface area contributed by atoms with Crippen molar-refractivity contribution in [3.63, 3.8) is 0 Å². The molecular weight excluding hydrogens is 360 g/mol. The maximum Gasteiger partial charge on any atom is 0.263 e. The molecule has 3 N–H and O–H groups in total. The standard InChI is InChI=1S/C20H30N4O2S/c21-19(26)20(24-11-2-1-3-12-24)8-13-23(14-9-20)18(25)17-7-6-16(27-17)15-5-4-10-22-15/h6-7,15,22H,1-5,8-14H2,(H2,21,26). The minimum Gasteiger partial charge on any atom is -0.368 e. The molecule has 0 saturated carbocycles. The van der Waals surface area contributed by atoms with Crippen LogP contribution < -0.4 is 11.1 Å². The summed E-state index contributed by atoms with van der Waals surface area (Å²) in [4.78, 5) is 31.6. The van der Waals surface area contributed by atoms with E-state index in [4.69, 9.17) is 5.73 Å². The number of rotatable bonds is 4. The van der Waals surface area contributed by atoms with Gasteiger partial charge in [-0.05, 0) is 70.3 Å². The third kappa shape index (κ3) is 3.65. The molecular formula is C20H30N4O2S. The Morgan fingerprint density at radius 3 is 2.44 bits per heavy atom. The first-order valence-electron chi connectivity index (χ1n) is 10.3. The lowest BCUT2D eigenvalue weighted by molar-refractivity contribution is -0.134. The van der Waals surface area contributed by atoms with Crippen LogP contribution in [0.4, 0.5) is 0 Å². The summed E-state index contributed by atoms with van der Waals surface area (Å²) < 4.78 is 0. The molecule has 148 valence electrons. The maximum absolute atomic E-state index is 13.0. The van der Waals surface area contributed by atoms with Crippen LogP contribution in [0.25, 0.3) is 0 Å². The summed E-state index contributed by atoms with van der Waals surface area (Å²) in [6.45, 7) is 4.16. The normalized spacial score (nSPS) is 26.2. The molecule has 6 nitrogen and oxygen atoms in total. The van der Waals surface area contributed by atoms with Gasteiger partial charge < -0.3 is 16.0 Å². The fourth-order valence-corrected chi connectivity index (χ4v) is 5.94. The Morgan fingerprint density at radius 1 is 1.07 bits per heavy atom. The summed E-state index contributed by atoms with van der Waals surface area (Å²) in [6.07, 6.45) is 7.13. The van der Waals surface area contributed by atoms with Crippen molar-refractivity contribution in [2.75, 3.05) is 32.7 Å². The summed E-state index contributed by atoms with van der Waals surface area (Å²) in [6, 6.07) is 4.45. The van der Waals surface area contributed by atoms with Gasteiger partial charge in [-0.15, -0.1) is 11.3 Å². The van der Waals surface area contributed by atoms with Crippen LogP contribution in [0.3, 0.4) is 0 Å². The molecule has 1 unspecified atom stereocenters. The fourth-order valence-electron chi connectivity index (χ4n) is 4.86. The Hall–Kier alpha value is -1.44. The van der Waals surface area contributed by atoms with E-state index in [1.54, 1.807) is 11.3 Å². The van der Waals surface area contributed by atoms with E-state index in [2.05, 4.69) is 16.3 Å². The van der Waals surface area contributed by atoms with Crippen LogP contribution in [-0.4, -0.2) is 59.9 Å². The number of hydrogen-bond donors (Lipinski definition) is 2. The molecule has 1 aromatic rings. The van der Waals surface area contributed by atoms with Crippen molar-refractivity contribution in [1.29, 1.82) is 0 Å². The maximum atomic E-state index is 13.0. The van der Waals surface area contributed by atoms with Gasteiger partial charge in [0.2, 0.25) is 5.91 Å². The molecule has 0 radical (unpaired) electrons. The molecule has 1 atom stereocenters. The van der Waals surface area contributed by atoms with E-state index < -0.39 is 5.54 Å². The zero-order chi connectivity index (χ0) is 18.9. The van der Waals surface area contributed by atoms with Gasteiger partial charge in [0.25, 0.3) is 5.91 Å². The second kappa shape index (κ2) is 7.89. The second-order valence-electron chi connectivity index (χ2n) is 8.09. The minimum atomic E-state index is -0.564. The highest BCUT2D eigenvalue weighted by atomic mass is 32.1. The first-order chi connectivity index (χ1) is 13.1.